The fraction of sp³-hybridized carbons (Fsp3) is 0.500. The molecule has 0 aromatic heterocycles. The van der Waals surface area contributed by atoms with Gasteiger partial charge in [0.15, 0.2) is 0 Å². The molecule has 29 heavy (non-hydrogen) atoms. The van der Waals surface area contributed by atoms with Crippen LogP contribution in [0.15, 0.2) is 35.5 Å². The van der Waals surface area contributed by atoms with Crippen LogP contribution < -0.4 is 5.32 Å². The maximum atomic E-state index is 12.9. The number of amides is 2. The summed E-state index contributed by atoms with van der Waals surface area (Å²) in [4.78, 5) is 39.5. The zero-order valence-electron chi connectivity index (χ0n) is 17.6. The minimum atomic E-state index is -0.510. The predicted octanol–water partition coefficient (Wildman–Crippen LogP) is 3.65. The van der Waals surface area contributed by atoms with Crippen molar-refractivity contribution in [1.29, 1.82) is 0 Å². The minimum absolute atomic E-state index is 0.0212. The number of esters is 1. The monoisotopic (exact) mass is 420 g/mol. The number of allylic oxidation sites excluding steroid dienone is 1. The molecule has 1 aliphatic heterocycles. The van der Waals surface area contributed by atoms with Crippen molar-refractivity contribution in [2.45, 2.75) is 53.0 Å². The topological polar surface area (TPSA) is 75.7 Å². The Morgan fingerprint density at radius 1 is 1.28 bits per heavy atom. The quantitative estimate of drug-likeness (QED) is 0.683. The van der Waals surface area contributed by atoms with Crippen molar-refractivity contribution in [1.82, 2.24) is 10.2 Å². The highest BCUT2D eigenvalue weighted by atomic mass is 35.5. The van der Waals surface area contributed by atoms with E-state index < -0.39 is 11.9 Å². The highest BCUT2D eigenvalue weighted by Gasteiger charge is 2.38. The van der Waals surface area contributed by atoms with Crippen LogP contribution in [0.25, 0.3) is 0 Å². The van der Waals surface area contributed by atoms with Gasteiger partial charge in [0.05, 0.1) is 12.2 Å². The fourth-order valence-corrected chi connectivity index (χ4v) is 3.58. The molecule has 0 aliphatic carbocycles. The standard InChI is InChI=1S/C22H29ClN2O4/c1-6-29-22(28)21-15(5)25(12-19(26)24-14(4)13(2)3)20(27)11-17(21)16-9-7-8-10-18(16)23/h7-10,13-14,17H,6,11-12H2,1-5H3,(H,24,26)/t14-,17+/m1/s1. The van der Waals surface area contributed by atoms with E-state index in [1.165, 1.54) is 4.90 Å². The summed E-state index contributed by atoms with van der Waals surface area (Å²) in [6.45, 7) is 9.41. The van der Waals surface area contributed by atoms with Gasteiger partial charge in [-0.2, -0.15) is 0 Å². The highest BCUT2D eigenvalue weighted by Crippen LogP contribution is 2.39. The first kappa shape index (κ1) is 22.9. The minimum Gasteiger partial charge on any atom is -0.463 e. The number of halogens is 1. The number of carbonyl (C=O) groups excluding carboxylic acids is 3. The molecule has 0 radical (unpaired) electrons. The summed E-state index contributed by atoms with van der Waals surface area (Å²) in [5.74, 6) is -1.23. The first-order valence-electron chi connectivity index (χ1n) is 9.89. The molecule has 1 aromatic carbocycles. The summed E-state index contributed by atoms with van der Waals surface area (Å²) in [6.07, 6.45) is 0.0439. The molecule has 1 N–H and O–H groups in total. The molecule has 1 aliphatic rings. The van der Waals surface area contributed by atoms with Crippen LogP contribution in [0, 0.1) is 5.92 Å². The zero-order chi connectivity index (χ0) is 21.7. The molecule has 2 amide bonds. The lowest BCUT2D eigenvalue weighted by Crippen LogP contribution is -2.46. The van der Waals surface area contributed by atoms with Crippen molar-refractivity contribution in [3.05, 3.63) is 46.1 Å². The predicted molar refractivity (Wildman–Crippen MR) is 112 cm³/mol. The molecule has 0 unspecified atom stereocenters. The van der Waals surface area contributed by atoms with Gasteiger partial charge in [-0.3, -0.25) is 9.59 Å². The summed E-state index contributed by atoms with van der Waals surface area (Å²) in [5.41, 5.74) is 1.49. The molecular weight excluding hydrogens is 392 g/mol. The van der Waals surface area contributed by atoms with Gasteiger partial charge in [-0.15, -0.1) is 0 Å². The van der Waals surface area contributed by atoms with Crippen molar-refractivity contribution in [2.75, 3.05) is 13.2 Å². The third kappa shape index (κ3) is 5.38. The maximum Gasteiger partial charge on any atom is 0.336 e. The normalized spacial score (nSPS) is 18.1. The number of rotatable bonds is 7. The average Bonchev–Trinajstić information content (AvgIpc) is 2.65. The van der Waals surface area contributed by atoms with Gasteiger partial charge in [-0.05, 0) is 38.3 Å². The summed E-state index contributed by atoms with van der Waals surface area (Å²) < 4.78 is 5.25. The smallest absolute Gasteiger partial charge is 0.336 e. The van der Waals surface area contributed by atoms with Crippen molar-refractivity contribution in [3.8, 4) is 0 Å². The Hall–Kier alpha value is -2.34. The summed E-state index contributed by atoms with van der Waals surface area (Å²) in [7, 11) is 0. The number of nitrogens with zero attached hydrogens (tertiary/aromatic N) is 1. The maximum absolute atomic E-state index is 12.9. The van der Waals surface area contributed by atoms with Crippen LogP contribution in [0.1, 0.15) is 52.5 Å². The van der Waals surface area contributed by atoms with Crippen LogP contribution in [0.4, 0.5) is 0 Å². The zero-order valence-corrected chi connectivity index (χ0v) is 18.4. The molecule has 0 saturated heterocycles. The summed E-state index contributed by atoms with van der Waals surface area (Å²) in [6, 6.07) is 7.12. The fourth-order valence-electron chi connectivity index (χ4n) is 3.31. The Morgan fingerprint density at radius 3 is 2.52 bits per heavy atom. The van der Waals surface area contributed by atoms with E-state index in [4.69, 9.17) is 16.3 Å². The largest absolute Gasteiger partial charge is 0.463 e. The Labute approximate surface area is 177 Å². The van der Waals surface area contributed by atoms with E-state index in [0.29, 0.717) is 21.9 Å². The van der Waals surface area contributed by atoms with Gasteiger partial charge in [0, 0.05) is 29.1 Å². The van der Waals surface area contributed by atoms with Crippen molar-refractivity contribution < 1.29 is 19.1 Å². The second kappa shape index (κ2) is 9.92. The van der Waals surface area contributed by atoms with Gasteiger partial charge < -0.3 is 15.0 Å². The Balaban J connectivity index is 2.40. The number of benzene rings is 1. The van der Waals surface area contributed by atoms with E-state index in [9.17, 15) is 14.4 Å². The number of ether oxygens (including phenoxy) is 1. The summed E-state index contributed by atoms with van der Waals surface area (Å²) in [5, 5.41) is 3.38. The molecule has 0 spiro atoms. The van der Waals surface area contributed by atoms with Crippen molar-refractivity contribution >= 4 is 29.4 Å². The number of hydrogen-bond donors (Lipinski definition) is 1. The van der Waals surface area contributed by atoms with Gasteiger partial charge in [-0.25, -0.2) is 4.79 Å². The molecule has 6 nitrogen and oxygen atoms in total. The molecular formula is C22H29ClN2O4. The molecule has 1 aromatic rings. The second-order valence-corrected chi connectivity index (χ2v) is 7.99. The van der Waals surface area contributed by atoms with Crippen molar-refractivity contribution in [2.24, 2.45) is 5.92 Å². The van der Waals surface area contributed by atoms with Crippen LogP contribution >= 0.6 is 11.6 Å². The Bertz CT molecular complexity index is 819. The van der Waals surface area contributed by atoms with E-state index in [1.807, 2.05) is 26.8 Å². The van der Waals surface area contributed by atoms with E-state index in [0.717, 1.165) is 0 Å². The van der Waals surface area contributed by atoms with E-state index in [1.54, 1.807) is 32.0 Å². The highest BCUT2D eigenvalue weighted by molar-refractivity contribution is 6.31. The molecule has 0 saturated carbocycles. The molecule has 7 heteroatoms. The summed E-state index contributed by atoms with van der Waals surface area (Å²) >= 11 is 6.34. The number of carbonyl (C=O) groups is 3. The van der Waals surface area contributed by atoms with E-state index >= 15 is 0 Å². The first-order valence-corrected chi connectivity index (χ1v) is 10.3. The van der Waals surface area contributed by atoms with Crippen LogP contribution in [-0.2, 0) is 19.1 Å². The lowest BCUT2D eigenvalue weighted by atomic mass is 9.83. The van der Waals surface area contributed by atoms with Gasteiger partial charge in [0.1, 0.15) is 6.54 Å². The number of nitrogens with one attached hydrogen (secondary N) is 1. The van der Waals surface area contributed by atoms with Crippen LogP contribution in [0.2, 0.25) is 5.02 Å². The Morgan fingerprint density at radius 2 is 1.93 bits per heavy atom. The lowest BCUT2D eigenvalue weighted by molar-refractivity contribution is -0.141. The third-order valence-corrected chi connectivity index (χ3v) is 5.63. The van der Waals surface area contributed by atoms with Gasteiger partial charge in [-0.1, -0.05) is 43.6 Å². The van der Waals surface area contributed by atoms with Crippen molar-refractivity contribution in [3.63, 3.8) is 0 Å². The van der Waals surface area contributed by atoms with E-state index in [2.05, 4.69) is 5.32 Å². The van der Waals surface area contributed by atoms with Crippen LogP contribution in [0.5, 0.6) is 0 Å². The van der Waals surface area contributed by atoms with Gasteiger partial charge in [0.2, 0.25) is 11.8 Å². The van der Waals surface area contributed by atoms with Crippen LogP contribution in [0.3, 0.4) is 0 Å². The molecule has 1 heterocycles. The average molecular weight is 421 g/mol. The van der Waals surface area contributed by atoms with E-state index in [-0.39, 0.29) is 43.3 Å². The molecule has 2 atom stereocenters. The molecule has 158 valence electrons. The lowest BCUT2D eigenvalue weighted by Gasteiger charge is -2.34. The van der Waals surface area contributed by atoms with Crippen LogP contribution in [-0.4, -0.2) is 41.9 Å². The van der Waals surface area contributed by atoms with Gasteiger partial charge in [0.25, 0.3) is 0 Å². The molecule has 0 fully saturated rings. The second-order valence-electron chi connectivity index (χ2n) is 7.58. The Kier molecular flexibility index (Phi) is 7.85. The SMILES string of the molecule is CCOC(=O)C1=C(C)N(CC(=O)N[C@H](C)C(C)C)C(=O)C[C@H]1c1ccccc1Cl. The van der Waals surface area contributed by atoms with Gasteiger partial charge >= 0.3 is 5.97 Å². The third-order valence-electron chi connectivity index (χ3n) is 5.29. The molecule has 0 bridgehead atoms. The molecule has 2 rings (SSSR count). The number of hydrogen-bond acceptors (Lipinski definition) is 4. The first-order chi connectivity index (χ1) is 13.7.